The zero-order valence-corrected chi connectivity index (χ0v) is 11.6. The number of hydrogen-bond acceptors (Lipinski definition) is 4. The molecule has 104 valence electrons. The molecule has 0 aliphatic carbocycles. The van der Waals surface area contributed by atoms with Gasteiger partial charge in [0.1, 0.15) is 0 Å². The maximum Gasteiger partial charge on any atom is 0.232 e. The van der Waals surface area contributed by atoms with Crippen molar-refractivity contribution in [2.24, 2.45) is 0 Å². The van der Waals surface area contributed by atoms with Gasteiger partial charge in [-0.3, -0.25) is 0 Å². The molecule has 2 heterocycles. The molecular weight excluding hydrogens is 250 g/mol. The van der Waals surface area contributed by atoms with Crippen molar-refractivity contribution < 1.29 is 4.52 Å². The van der Waals surface area contributed by atoms with Crippen LogP contribution < -0.4 is 10.6 Å². The van der Waals surface area contributed by atoms with E-state index in [2.05, 4.69) is 40.9 Å². The number of nitrogens with zero attached hydrogens (tertiary/aromatic N) is 1. The Balaban J connectivity index is 1.75. The Kier molecular flexibility index (Phi) is 3.83. The number of rotatable bonds is 4. The van der Waals surface area contributed by atoms with Crippen molar-refractivity contribution in [2.75, 3.05) is 11.9 Å². The summed E-state index contributed by atoms with van der Waals surface area (Å²) in [7, 11) is 0. The normalized spacial score (nSPS) is 18.6. The fraction of sp³-hybridized carbons (Fsp3) is 0.312. The summed E-state index contributed by atoms with van der Waals surface area (Å²) in [5.41, 5.74) is 3.53. The van der Waals surface area contributed by atoms with Crippen molar-refractivity contribution >= 4 is 11.5 Å². The largest absolute Gasteiger partial charge is 0.349 e. The van der Waals surface area contributed by atoms with Crippen LogP contribution in [0.4, 0.5) is 5.88 Å². The van der Waals surface area contributed by atoms with Gasteiger partial charge >= 0.3 is 0 Å². The third-order valence-electron chi connectivity index (χ3n) is 3.60. The van der Waals surface area contributed by atoms with E-state index in [1.54, 1.807) is 6.20 Å². The van der Waals surface area contributed by atoms with Gasteiger partial charge in [-0.15, -0.1) is 0 Å². The second-order valence-corrected chi connectivity index (χ2v) is 5.03. The average molecular weight is 269 g/mol. The average Bonchev–Trinajstić information content (AvgIpc) is 2.95. The summed E-state index contributed by atoms with van der Waals surface area (Å²) in [4.78, 5) is 0. The number of anilines is 1. The van der Waals surface area contributed by atoms with Crippen LogP contribution in [0, 0.1) is 0 Å². The van der Waals surface area contributed by atoms with Crippen LogP contribution in [-0.4, -0.2) is 17.7 Å². The second-order valence-electron chi connectivity index (χ2n) is 5.03. The van der Waals surface area contributed by atoms with Gasteiger partial charge in [-0.25, -0.2) is 0 Å². The van der Waals surface area contributed by atoms with Gasteiger partial charge in [-0.1, -0.05) is 41.6 Å². The first-order chi connectivity index (χ1) is 9.84. The lowest BCUT2D eigenvalue weighted by Crippen LogP contribution is -2.31. The third-order valence-corrected chi connectivity index (χ3v) is 3.60. The molecule has 2 aromatic rings. The third kappa shape index (κ3) is 2.75. The van der Waals surface area contributed by atoms with Gasteiger partial charge < -0.3 is 15.2 Å². The molecule has 4 heteroatoms. The predicted molar refractivity (Wildman–Crippen MR) is 80.3 cm³/mol. The molecule has 1 unspecified atom stereocenters. The molecule has 1 aromatic carbocycles. The highest BCUT2D eigenvalue weighted by molar-refractivity contribution is 5.76. The quantitative estimate of drug-likeness (QED) is 0.895. The molecule has 0 fully saturated rings. The second kappa shape index (κ2) is 5.92. The lowest BCUT2D eigenvalue weighted by atomic mass is 9.98. The van der Waals surface area contributed by atoms with Crippen molar-refractivity contribution in [1.29, 1.82) is 0 Å². The first kappa shape index (κ1) is 12.9. The number of aromatic nitrogens is 1. The zero-order chi connectivity index (χ0) is 13.8. The molecule has 0 spiro atoms. The Morgan fingerprint density at radius 1 is 1.35 bits per heavy atom. The fourth-order valence-corrected chi connectivity index (χ4v) is 2.51. The molecule has 3 rings (SSSR count). The van der Waals surface area contributed by atoms with Crippen LogP contribution in [0.25, 0.3) is 5.57 Å². The van der Waals surface area contributed by atoms with E-state index in [0.717, 1.165) is 31.0 Å². The van der Waals surface area contributed by atoms with Gasteiger partial charge in [-0.2, -0.15) is 0 Å². The van der Waals surface area contributed by atoms with E-state index >= 15 is 0 Å². The maximum atomic E-state index is 5.36. The van der Waals surface area contributed by atoms with E-state index in [-0.39, 0.29) is 0 Å². The molecule has 2 N–H and O–H groups in total. The minimum Gasteiger partial charge on any atom is -0.349 e. The van der Waals surface area contributed by atoms with Crippen molar-refractivity contribution in [3.05, 3.63) is 53.7 Å². The SMILES string of the molecule is CC1NCCC=C1c1cnoc1NCc1ccccc1. The van der Waals surface area contributed by atoms with E-state index in [4.69, 9.17) is 4.52 Å². The molecule has 0 saturated heterocycles. The monoisotopic (exact) mass is 269 g/mol. The Labute approximate surface area is 118 Å². The minimum absolute atomic E-state index is 0.334. The first-order valence-electron chi connectivity index (χ1n) is 7.01. The van der Waals surface area contributed by atoms with Crippen LogP contribution in [0.1, 0.15) is 24.5 Å². The van der Waals surface area contributed by atoms with E-state index in [0.29, 0.717) is 6.04 Å². The molecule has 1 aliphatic heterocycles. The molecule has 20 heavy (non-hydrogen) atoms. The summed E-state index contributed by atoms with van der Waals surface area (Å²) in [6.45, 7) is 3.93. The highest BCUT2D eigenvalue weighted by Crippen LogP contribution is 2.28. The highest BCUT2D eigenvalue weighted by atomic mass is 16.5. The smallest absolute Gasteiger partial charge is 0.232 e. The Bertz CT molecular complexity index is 589. The van der Waals surface area contributed by atoms with Crippen molar-refractivity contribution in [3.8, 4) is 0 Å². The van der Waals surface area contributed by atoms with Crippen molar-refractivity contribution in [2.45, 2.75) is 25.9 Å². The van der Waals surface area contributed by atoms with Gasteiger partial charge in [0.25, 0.3) is 0 Å². The van der Waals surface area contributed by atoms with Crippen LogP contribution in [0.5, 0.6) is 0 Å². The van der Waals surface area contributed by atoms with Crippen molar-refractivity contribution in [3.63, 3.8) is 0 Å². The molecule has 0 saturated carbocycles. The number of hydrogen-bond donors (Lipinski definition) is 2. The van der Waals surface area contributed by atoms with E-state index in [1.807, 2.05) is 18.2 Å². The Morgan fingerprint density at radius 2 is 2.20 bits per heavy atom. The van der Waals surface area contributed by atoms with Crippen LogP contribution in [0.15, 0.2) is 47.1 Å². The number of benzene rings is 1. The summed E-state index contributed by atoms with van der Waals surface area (Å²) < 4.78 is 5.36. The summed E-state index contributed by atoms with van der Waals surface area (Å²) in [6, 6.07) is 10.6. The molecule has 1 aliphatic rings. The lowest BCUT2D eigenvalue weighted by Gasteiger charge is -2.21. The van der Waals surface area contributed by atoms with Crippen LogP contribution in [0.3, 0.4) is 0 Å². The fourth-order valence-electron chi connectivity index (χ4n) is 2.51. The number of nitrogens with one attached hydrogen (secondary N) is 2. The van der Waals surface area contributed by atoms with Gasteiger partial charge in [0.2, 0.25) is 5.88 Å². The molecule has 1 aromatic heterocycles. The topological polar surface area (TPSA) is 50.1 Å². The van der Waals surface area contributed by atoms with E-state index < -0.39 is 0 Å². The minimum atomic E-state index is 0.334. The molecule has 0 radical (unpaired) electrons. The van der Waals surface area contributed by atoms with Crippen molar-refractivity contribution in [1.82, 2.24) is 10.5 Å². The molecule has 4 nitrogen and oxygen atoms in total. The maximum absolute atomic E-state index is 5.36. The lowest BCUT2D eigenvalue weighted by molar-refractivity contribution is 0.431. The van der Waals surface area contributed by atoms with Crippen LogP contribution in [0.2, 0.25) is 0 Å². The first-order valence-corrected chi connectivity index (χ1v) is 7.01. The van der Waals surface area contributed by atoms with Crippen LogP contribution in [-0.2, 0) is 6.54 Å². The van der Waals surface area contributed by atoms with Gasteiger partial charge in [-0.05, 0) is 31.0 Å². The summed E-state index contributed by atoms with van der Waals surface area (Å²) >= 11 is 0. The summed E-state index contributed by atoms with van der Waals surface area (Å²) in [5, 5.41) is 10.7. The summed E-state index contributed by atoms with van der Waals surface area (Å²) in [6.07, 6.45) is 5.10. The molecule has 0 bridgehead atoms. The van der Waals surface area contributed by atoms with Gasteiger partial charge in [0, 0.05) is 12.6 Å². The Morgan fingerprint density at radius 3 is 3.00 bits per heavy atom. The van der Waals surface area contributed by atoms with E-state index in [9.17, 15) is 0 Å². The standard InChI is InChI=1S/C16H19N3O/c1-12-14(8-5-9-17-12)15-11-19-20-16(15)18-10-13-6-3-2-4-7-13/h2-4,6-8,11-12,17-18H,5,9-10H2,1H3. The summed E-state index contributed by atoms with van der Waals surface area (Å²) in [5.74, 6) is 0.746. The molecule has 0 amide bonds. The van der Waals surface area contributed by atoms with E-state index in [1.165, 1.54) is 11.1 Å². The highest BCUT2D eigenvalue weighted by Gasteiger charge is 2.19. The molecular formula is C16H19N3O. The van der Waals surface area contributed by atoms with Gasteiger partial charge in [0.15, 0.2) is 0 Å². The van der Waals surface area contributed by atoms with Gasteiger partial charge in [0.05, 0.1) is 11.8 Å². The van der Waals surface area contributed by atoms with Crippen LogP contribution >= 0.6 is 0 Å². The Hall–Kier alpha value is -2.07. The zero-order valence-electron chi connectivity index (χ0n) is 11.6. The predicted octanol–water partition coefficient (Wildman–Crippen LogP) is 3.05. The molecule has 1 atom stereocenters.